The molecule has 0 aromatic carbocycles. The lowest BCUT2D eigenvalue weighted by Crippen LogP contribution is -2.35. The molecule has 8 heteroatoms. The molecule has 1 heterocycles. The van der Waals surface area contributed by atoms with E-state index in [-0.39, 0.29) is 0 Å². The summed E-state index contributed by atoms with van der Waals surface area (Å²) in [6.45, 7) is 14.1. The maximum Gasteiger partial charge on any atom is 0.105 e. The molecular weight excluding hydrogens is 414 g/mol. The summed E-state index contributed by atoms with van der Waals surface area (Å²) in [6.07, 6.45) is 11.1. The average Bonchev–Trinajstić information content (AvgIpc) is 3.54. The predicted octanol–water partition coefficient (Wildman–Crippen LogP) is 4.21. The molecule has 1 aromatic heterocycles. The minimum Gasteiger partial charge on any atom is -0.373 e. The second-order valence-electron chi connectivity index (χ2n) is 9.98. The lowest BCUT2D eigenvalue weighted by Gasteiger charge is -2.34. The van der Waals surface area contributed by atoms with Crippen molar-refractivity contribution in [3.8, 4) is 0 Å². The van der Waals surface area contributed by atoms with Gasteiger partial charge in [0.15, 0.2) is 0 Å². The molecular formula is C25H45N7O. The van der Waals surface area contributed by atoms with Crippen molar-refractivity contribution in [2.24, 2.45) is 22.9 Å². The molecule has 1 aromatic rings. The van der Waals surface area contributed by atoms with Gasteiger partial charge in [-0.3, -0.25) is 5.43 Å². The molecule has 0 radical (unpaired) electrons. The standard InChI is InChI=1S/C22H38N4.C3H7N3O/c1-16(21-10-8-7-9-11-21)15-26(13-12-23-6)17(2)14-22-18(3)19(4)24-25-20(22)5;4-3(1-2-3)5-6-7/h14,16,21,23H,7-13,15H2,1-6H3;1-2,4H2,(H,5,7)/b17-14+;. The molecule has 2 aliphatic carbocycles. The zero-order valence-corrected chi connectivity index (χ0v) is 21.6. The lowest BCUT2D eigenvalue weighted by molar-refractivity contribution is 0.202. The largest absolute Gasteiger partial charge is 0.373 e. The van der Waals surface area contributed by atoms with E-state index < -0.39 is 5.66 Å². The summed E-state index contributed by atoms with van der Waals surface area (Å²) in [5, 5.41) is 14.3. The first-order valence-electron chi connectivity index (χ1n) is 12.5. The second-order valence-corrected chi connectivity index (χ2v) is 9.98. The van der Waals surface area contributed by atoms with Crippen LogP contribution >= 0.6 is 0 Å². The summed E-state index contributed by atoms with van der Waals surface area (Å²) in [5.74, 6) is 1.64. The normalized spacial score (nSPS) is 18.7. The monoisotopic (exact) mass is 459 g/mol. The van der Waals surface area contributed by atoms with Crippen molar-refractivity contribution in [2.45, 2.75) is 85.2 Å². The number of allylic oxidation sites excluding steroid dienone is 1. The molecule has 4 N–H and O–H groups in total. The van der Waals surface area contributed by atoms with Crippen LogP contribution in [0.1, 0.15) is 81.3 Å². The summed E-state index contributed by atoms with van der Waals surface area (Å²) in [7, 11) is 2.03. The van der Waals surface area contributed by atoms with Crippen LogP contribution in [-0.2, 0) is 0 Å². The Hall–Kier alpha value is -2.06. The fraction of sp³-hybridized carbons (Fsp3) is 0.760. The summed E-state index contributed by atoms with van der Waals surface area (Å²) in [6, 6.07) is 0. The van der Waals surface area contributed by atoms with E-state index >= 15 is 0 Å². The van der Waals surface area contributed by atoms with E-state index in [0.717, 1.165) is 55.7 Å². The predicted molar refractivity (Wildman–Crippen MR) is 136 cm³/mol. The van der Waals surface area contributed by atoms with Crippen LogP contribution in [0.5, 0.6) is 0 Å². The molecule has 1 unspecified atom stereocenters. The third kappa shape index (κ3) is 8.66. The number of rotatable bonds is 10. The van der Waals surface area contributed by atoms with E-state index in [9.17, 15) is 4.91 Å². The van der Waals surface area contributed by atoms with Crippen LogP contribution in [-0.4, -0.2) is 47.4 Å². The molecule has 0 bridgehead atoms. The molecule has 2 fully saturated rings. The van der Waals surface area contributed by atoms with Gasteiger partial charge in [0.2, 0.25) is 0 Å². The number of nitrogens with two attached hydrogens (primary N) is 1. The quantitative estimate of drug-likeness (QED) is 0.273. The molecule has 2 aliphatic rings. The molecule has 0 saturated heterocycles. The lowest BCUT2D eigenvalue weighted by atomic mass is 9.80. The van der Waals surface area contributed by atoms with Gasteiger partial charge in [0.25, 0.3) is 0 Å². The van der Waals surface area contributed by atoms with Gasteiger partial charge in [-0.05, 0) is 71.1 Å². The van der Waals surface area contributed by atoms with E-state index in [1.54, 1.807) is 0 Å². The van der Waals surface area contributed by atoms with Gasteiger partial charge in [-0.2, -0.15) is 10.2 Å². The molecule has 3 rings (SSSR count). The number of hydrogen-bond acceptors (Lipinski definition) is 7. The van der Waals surface area contributed by atoms with Crippen molar-refractivity contribution in [1.29, 1.82) is 0 Å². The number of aryl methyl sites for hydroxylation is 2. The summed E-state index contributed by atoms with van der Waals surface area (Å²) < 4.78 is 0. The number of hydrogen-bond donors (Lipinski definition) is 3. The molecule has 33 heavy (non-hydrogen) atoms. The Morgan fingerprint density at radius 1 is 1.21 bits per heavy atom. The number of nitrogens with zero attached hydrogens (tertiary/aromatic N) is 4. The topological polar surface area (TPSA) is 109 Å². The number of nitrogens with one attached hydrogen (secondary N) is 2. The summed E-state index contributed by atoms with van der Waals surface area (Å²) in [5.41, 5.74) is 13.0. The van der Waals surface area contributed by atoms with Crippen LogP contribution in [0.3, 0.4) is 0 Å². The second kappa shape index (κ2) is 13.0. The maximum absolute atomic E-state index is 9.42. The zero-order valence-electron chi connectivity index (χ0n) is 21.6. The van der Waals surface area contributed by atoms with Gasteiger partial charge >= 0.3 is 0 Å². The van der Waals surface area contributed by atoms with Gasteiger partial charge < -0.3 is 16.0 Å². The highest BCUT2D eigenvalue weighted by atomic mass is 16.3. The van der Waals surface area contributed by atoms with Crippen molar-refractivity contribution >= 4 is 6.08 Å². The molecule has 1 atom stereocenters. The molecule has 0 spiro atoms. The van der Waals surface area contributed by atoms with Gasteiger partial charge in [0.1, 0.15) is 5.66 Å². The average molecular weight is 460 g/mol. The Balaban J connectivity index is 0.000000468. The van der Waals surface area contributed by atoms with Crippen molar-refractivity contribution in [2.75, 3.05) is 26.7 Å². The van der Waals surface area contributed by atoms with E-state index in [1.807, 2.05) is 14.0 Å². The van der Waals surface area contributed by atoms with Gasteiger partial charge in [-0.15, -0.1) is 4.91 Å². The Kier molecular flexibility index (Phi) is 10.7. The van der Waals surface area contributed by atoms with Gasteiger partial charge in [-0.25, -0.2) is 0 Å². The zero-order chi connectivity index (χ0) is 24.4. The van der Waals surface area contributed by atoms with Gasteiger partial charge in [0.05, 0.1) is 16.7 Å². The Labute approximate surface area is 200 Å². The van der Waals surface area contributed by atoms with Crippen molar-refractivity contribution in [3.63, 3.8) is 0 Å². The minimum absolute atomic E-state index is 0.429. The van der Waals surface area contributed by atoms with Gasteiger partial charge in [-0.1, -0.05) is 39.0 Å². The third-order valence-corrected chi connectivity index (χ3v) is 7.19. The minimum atomic E-state index is -0.429. The van der Waals surface area contributed by atoms with E-state index in [2.05, 4.69) is 64.9 Å². The first-order valence-corrected chi connectivity index (χ1v) is 12.5. The molecule has 0 amide bonds. The van der Waals surface area contributed by atoms with Crippen LogP contribution < -0.4 is 16.5 Å². The molecule has 8 nitrogen and oxygen atoms in total. The molecule has 186 valence electrons. The fourth-order valence-corrected chi connectivity index (χ4v) is 4.45. The Morgan fingerprint density at radius 2 is 1.85 bits per heavy atom. The van der Waals surface area contributed by atoms with Crippen LogP contribution in [0.4, 0.5) is 0 Å². The highest BCUT2D eigenvalue weighted by molar-refractivity contribution is 5.58. The van der Waals surface area contributed by atoms with Crippen LogP contribution in [0.2, 0.25) is 0 Å². The molecule has 2 saturated carbocycles. The van der Waals surface area contributed by atoms with E-state index in [1.165, 1.54) is 48.9 Å². The first kappa shape index (κ1) is 27.2. The highest BCUT2D eigenvalue weighted by Crippen LogP contribution is 2.31. The molecule has 0 aliphatic heterocycles. The summed E-state index contributed by atoms with van der Waals surface area (Å²) >= 11 is 0. The number of aromatic nitrogens is 2. The van der Waals surface area contributed by atoms with E-state index in [0.29, 0.717) is 0 Å². The smallest absolute Gasteiger partial charge is 0.105 e. The summed E-state index contributed by atoms with van der Waals surface area (Å²) in [4.78, 5) is 12.0. The fourth-order valence-electron chi connectivity index (χ4n) is 4.45. The first-order chi connectivity index (χ1) is 15.7. The third-order valence-electron chi connectivity index (χ3n) is 7.19. The highest BCUT2D eigenvalue weighted by Gasteiger charge is 2.38. The van der Waals surface area contributed by atoms with Crippen LogP contribution in [0.25, 0.3) is 6.08 Å². The maximum atomic E-state index is 9.42. The number of likely N-dealkylation sites (N-methyl/N-ethyl adjacent to an activating group) is 1. The Bertz CT molecular complexity index is 785. The Morgan fingerprint density at radius 3 is 2.39 bits per heavy atom. The SMILES string of the molecule is CNCCN(CC(C)C1CCCCC1)/C(C)=C/c1c(C)nnc(C)c1C.NC1(NN=O)CC1. The van der Waals surface area contributed by atoms with Crippen LogP contribution in [0, 0.1) is 37.5 Å². The van der Waals surface area contributed by atoms with Crippen LogP contribution in [0.15, 0.2) is 11.0 Å². The van der Waals surface area contributed by atoms with Crippen molar-refractivity contribution < 1.29 is 0 Å². The van der Waals surface area contributed by atoms with Crippen molar-refractivity contribution in [3.05, 3.63) is 33.1 Å². The number of nitroso groups, excluding NO2 is 1. The van der Waals surface area contributed by atoms with Crippen molar-refractivity contribution in [1.82, 2.24) is 25.8 Å². The van der Waals surface area contributed by atoms with Gasteiger partial charge in [0, 0.05) is 30.9 Å². The van der Waals surface area contributed by atoms with E-state index in [4.69, 9.17) is 5.73 Å².